The van der Waals surface area contributed by atoms with E-state index in [2.05, 4.69) is 41.5 Å². The first-order chi connectivity index (χ1) is 10.3. The number of fused-ring (bicyclic) bond motifs is 1. The third-order valence-corrected chi connectivity index (χ3v) is 5.26. The van der Waals surface area contributed by atoms with Crippen molar-refractivity contribution >= 4 is 11.3 Å². The monoisotopic (exact) mass is 301 g/mol. The van der Waals surface area contributed by atoms with Crippen LogP contribution in [0.5, 0.6) is 0 Å². The van der Waals surface area contributed by atoms with E-state index in [4.69, 9.17) is 10.7 Å². The molecule has 1 aliphatic rings. The quantitative estimate of drug-likeness (QED) is 0.923. The molecule has 0 saturated heterocycles. The summed E-state index contributed by atoms with van der Waals surface area (Å²) < 4.78 is 0. The lowest BCUT2D eigenvalue weighted by Gasteiger charge is -2.30. The predicted octanol–water partition coefficient (Wildman–Crippen LogP) is 2.81. The summed E-state index contributed by atoms with van der Waals surface area (Å²) in [6.07, 6.45) is 2.06. The van der Waals surface area contributed by atoms with E-state index in [9.17, 15) is 0 Å². The van der Waals surface area contributed by atoms with E-state index in [0.29, 0.717) is 12.5 Å². The van der Waals surface area contributed by atoms with Crippen LogP contribution in [0.1, 0.15) is 34.7 Å². The Balaban J connectivity index is 1.61. The maximum absolute atomic E-state index is 5.60. The van der Waals surface area contributed by atoms with E-state index in [1.165, 1.54) is 22.6 Å². The second-order valence-electron chi connectivity index (χ2n) is 5.87. The van der Waals surface area contributed by atoms with Gasteiger partial charge in [0.05, 0.1) is 10.7 Å². The smallest absolute Gasteiger partial charge is 0.0969 e. The zero-order valence-corrected chi connectivity index (χ0v) is 13.4. The number of hydrogen-bond acceptors (Lipinski definition) is 4. The van der Waals surface area contributed by atoms with Crippen LogP contribution in [0.25, 0.3) is 0 Å². The van der Waals surface area contributed by atoms with Gasteiger partial charge in [-0.1, -0.05) is 31.2 Å². The summed E-state index contributed by atoms with van der Waals surface area (Å²) >= 11 is 1.78. The molecule has 1 aromatic carbocycles. The summed E-state index contributed by atoms with van der Waals surface area (Å²) in [4.78, 5) is 7.27. The van der Waals surface area contributed by atoms with Crippen molar-refractivity contribution in [1.29, 1.82) is 0 Å². The van der Waals surface area contributed by atoms with Gasteiger partial charge in [-0.05, 0) is 24.1 Å². The zero-order chi connectivity index (χ0) is 14.7. The summed E-state index contributed by atoms with van der Waals surface area (Å²) in [5.41, 5.74) is 9.74. The lowest BCUT2D eigenvalue weighted by Crippen LogP contribution is -2.33. The topological polar surface area (TPSA) is 42.2 Å². The van der Waals surface area contributed by atoms with Crippen LogP contribution in [0.4, 0.5) is 0 Å². The molecule has 1 atom stereocenters. The molecule has 0 bridgehead atoms. The average molecular weight is 301 g/mol. The SMILES string of the molecule is CC(CN1CCc2ccccc2C1)c1nc(CCN)cs1. The molecule has 2 heterocycles. The van der Waals surface area contributed by atoms with Crippen LogP contribution in [0.3, 0.4) is 0 Å². The summed E-state index contributed by atoms with van der Waals surface area (Å²) in [6.45, 7) is 6.28. The minimum absolute atomic E-state index is 0.492. The molecule has 0 amide bonds. The van der Waals surface area contributed by atoms with Gasteiger partial charge in [0.1, 0.15) is 0 Å². The van der Waals surface area contributed by atoms with Crippen molar-refractivity contribution in [2.75, 3.05) is 19.6 Å². The van der Waals surface area contributed by atoms with Gasteiger partial charge >= 0.3 is 0 Å². The third kappa shape index (κ3) is 3.51. The van der Waals surface area contributed by atoms with Crippen molar-refractivity contribution in [1.82, 2.24) is 9.88 Å². The van der Waals surface area contributed by atoms with Crippen molar-refractivity contribution in [3.8, 4) is 0 Å². The molecule has 112 valence electrons. The number of hydrogen-bond donors (Lipinski definition) is 1. The van der Waals surface area contributed by atoms with E-state index in [1.54, 1.807) is 11.3 Å². The van der Waals surface area contributed by atoms with E-state index >= 15 is 0 Å². The first-order valence-corrected chi connectivity index (χ1v) is 8.57. The molecule has 0 fully saturated rings. The predicted molar refractivity (Wildman–Crippen MR) is 88.7 cm³/mol. The van der Waals surface area contributed by atoms with Gasteiger partial charge < -0.3 is 5.73 Å². The van der Waals surface area contributed by atoms with Crippen molar-refractivity contribution in [3.05, 3.63) is 51.5 Å². The molecule has 0 aliphatic carbocycles. The van der Waals surface area contributed by atoms with Gasteiger partial charge in [0.25, 0.3) is 0 Å². The minimum Gasteiger partial charge on any atom is -0.330 e. The van der Waals surface area contributed by atoms with Crippen molar-refractivity contribution in [3.63, 3.8) is 0 Å². The second kappa shape index (κ2) is 6.69. The fourth-order valence-electron chi connectivity index (χ4n) is 2.99. The van der Waals surface area contributed by atoms with Crippen LogP contribution < -0.4 is 5.73 Å². The van der Waals surface area contributed by atoms with E-state index in [0.717, 1.165) is 31.7 Å². The van der Waals surface area contributed by atoms with Crippen LogP contribution in [-0.2, 0) is 19.4 Å². The molecular formula is C17H23N3S. The van der Waals surface area contributed by atoms with Gasteiger partial charge in [-0.2, -0.15) is 0 Å². The van der Waals surface area contributed by atoms with Gasteiger partial charge in [-0.25, -0.2) is 4.98 Å². The highest BCUT2D eigenvalue weighted by Crippen LogP contribution is 2.24. The number of rotatable bonds is 5. The first kappa shape index (κ1) is 14.7. The Bertz CT molecular complexity index is 593. The van der Waals surface area contributed by atoms with E-state index < -0.39 is 0 Å². The van der Waals surface area contributed by atoms with Gasteiger partial charge in [-0.3, -0.25) is 4.90 Å². The molecular weight excluding hydrogens is 278 g/mol. The molecule has 0 radical (unpaired) electrons. The minimum atomic E-state index is 0.492. The fourth-order valence-corrected chi connectivity index (χ4v) is 3.89. The molecule has 0 saturated carbocycles. The highest BCUT2D eigenvalue weighted by molar-refractivity contribution is 7.09. The first-order valence-electron chi connectivity index (χ1n) is 7.69. The normalized spacial score (nSPS) is 16.7. The number of nitrogens with zero attached hydrogens (tertiary/aromatic N) is 2. The van der Waals surface area contributed by atoms with Crippen molar-refractivity contribution in [2.45, 2.75) is 32.2 Å². The van der Waals surface area contributed by atoms with Gasteiger partial charge in [0.15, 0.2) is 0 Å². The molecule has 21 heavy (non-hydrogen) atoms. The molecule has 3 rings (SSSR count). The Morgan fingerprint density at radius 2 is 2.14 bits per heavy atom. The van der Waals surface area contributed by atoms with Crippen LogP contribution in [0, 0.1) is 0 Å². The van der Waals surface area contributed by atoms with Gasteiger partial charge in [-0.15, -0.1) is 11.3 Å². The number of nitrogens with two attached hydrogens (primary N) is 1. The summed E-state index contributed by atoms with van der Waals surface area (Å²) in [7, 11) is 0. The van der Waals surface area contributed by atoms with Crippen molar-refractivity contribution in [2.24, 2.45) is 5.73 Å². The molecule has 1 aromatic heterocycles. The van der Waals surface area contributed by atoms with Gasteiger partial charge in [0, 0.05) is 37.4 Å². The van der Waals surface area contributed by atoms with Crippen LogP contribution >= 0.6 is 11.3 Å². The van der Waals surface area contributed by atoms with E-state index in [1.807, 2.05) is 0 Å². The standard InChI is InChI=1S/C17H23N3S/c1-13(17-19-16(6-8-18)12-21-17)10-20-9-7-14-4-2-3-5-15(14)11-20/h2-5,12-13H,6-11,18H2,1H3. The Morgan fingerprint density at radius 1 is 1.33 bits per heavy atom. The number of benzene rings is 1. The number of aromatic nitrogens is 1. The Hall–Kier alpha value is -1.23. The molecule has 4 heteroatoms. The lowest BCUT2D eigenvalue weighted by atomic mass is 9.99. The molecule has 1 unspecified atom stereocenters. The largest absolute Gasteiger partial charge is 0.330 e. The lowest BCUT2D eigenvalue weighted by molar-refractivity contribution is 0.242. The average Bonchev–Trinajstić information content (AvgIpc) is 2.96. The Morgan fingerprint density at radius 3 is 2.95 bits per heavy atom. The summed E-state index contributed by atoms with van der Waals surface area (Å²) in [5.74, 6) is 0.492. The molecule has 1 aliphatic heterocycles. The molecule has 0 spiro atoms. The maximum atomic E-state index is 5.60. The van der Waals surface area contributed by atoms with Crippen LogP contribution in [0.15, 0.2) is 29.6 Å². The molecule has 3 nitrogen and oxygen atoms in total. The highest BCUT2D eigenvalue weighted by Gasteiger charge is 2.19. The molecule has 2 N–H and O–H groups in total. The Kier molecular flexibility index (Phi) is 4.68. The fraction of sp³-hybridized carbons (Fsp3) is 0.471. The van der Waals surface area contributed by atoms with Gasteiger partial charge in [0.2, 0.25) is 0 Å². The van der Waals surface area contributed by atoms with Crippen molar-refractivity contribution < 1.29 is 0 Å². The summed E-state index contributed by atoms with van der Waals surface area (Å²) in [5, 5.41) is 3.40. The Labute approximate surface area is 130 Å². The van der Waals surface area contributed by atoms with Crippen LogP contribution in [0.2, 0.25) is 0 Å². The number of thiazole rings is 1. The summed E-state index contributed by atoms with van der Waals surface area (Å²) in [6, 6.07) is 8.81. The molecule has 2 aromatic rings. The van der Waals surface area contributed by atoms with Crippen LogP contribution in [-0.4, -0.2) is 29.5 Å². The highest BCUT2D eigenvalue weighted by atomic mass is 32.1. The zero-order valence-electron chi connectivity index (χ0n) is 12.6. The maximum Gasteiger partial charge on any atom is 0.0969 e. The third-order valence-electron chi connectivity index (χ3n) is 4.13. The van der Waals surface area contributed by atoms with E-state index in [-0.39, 0.29) is 0 Å². The second-order valence-corrected chi connectivity index (χ2v) is 6.76.